The van der Waals surface area contributed by atoms with E-state index in [1.54, 1.807) is 12.1 Å². The molecule has 1 N–H and O–H groups in total. The molecule has 0 aromatic heterocycles. The van der Waals surface area contributed by atoms with Crippen LogP contribution in [0.3, 0.4) is 0 Å². The normalized spacial score (nSPS) is 38.0. The molecule has 10 atom stereocenters. The molecule has 0 unspecified atom stereocenters. The third kappa shape index (κ3) is 5.52. The first-order valence-electron chi connectivity index (χ1n) is 16.7. The van der Waals surface area contributed by atoms with E-state index in [0.717, 1.165) is 56.2 Å². The standard InChI is InChI=1S/C37H45NO7/c1-23-7-10-26(11-8-23)12-18-32(38-21-5-6-29(38)22-39)27-13-15-28(16-14-27)33(40)41-34-25(3)31-17-9-24(2)30-19-20-36(4)43-35(42-34)37(30,31)45-44-36/h7-8,10-11,13-16,24-25,29-32,34-35,39H,5-6,9,17,19-22H2,1-4H3/t24-,25-,29+,30+,31+,32-,34-,35-,36-,37-/m1/s1. The number of fused-ring (bicyclic) bond motifs is 2. The van der Waals surface area contributed by atoms with Crippen molar-refractivity contribution in [3.63, 3.8) is 0 Å². The lowest BCUT2D eigenvalue weighted by molar-refractivity contribution is -0.576. The number of hydrogen-bond acceptors (Lipinski definition) is 8. The van der Waals surface area contributed by atoms with Crippen LogP contribution in [0, 0.1) is 42.4 Å². The van der Waals surface area contributed by atoms with Crippen LogP contribution < -0.4 is 0 Å². The molecule has 5 saturated heterocycles. The van der Waals surface area contributed by atoms with Crippen molar-refractivity contribution < 1.29 is 33.9 Å². The van der Waals surface area contributed by atoms with E-state index in [9.17, 15) is 9.90 Å². The molecule has 1 saturated carbocycles. The maximum Gasteiger partial charge on any atom is 0.340 e. The lowest BCUT2D eigenvalue weighted by Crippen LogP contribution is -2.70. The van der Waals surface area contributed by atoms with E-state index in [1.165, 1.54) is 5.56 Å². The van der Waals surface area contributed by atoms with Gasteiger partial charge in [0.1, 0.15) is 0 Å². The number of aryl methyl sites for hydroxylation is 1. The Morgan fingerprint density at radius 3 is 2.58 bits per heavy atom. The van der Waals surface area contributed by atoms with Crippen LogP contribution in [0.15, 0.2) is 48.5 Å². The molecule has 8 rings (SSSR count). The molecule has 6 aliphatic rings. The van der Waals surface area contributed by atoms with Gasteiger partial charge in [-0.2, -0.15) is 0 Å². The number of nitrogens with zero attached hydrogens (tertiary/aromatic N) is 1. The summed E-state index contributed by atoms with van der Waals surface area (Å²) >= 11 is 0. The summed E-state index contributed by atoms with van der Waals surface area (Å²) in [7, 11) is 0. The molecule has 45 heavy (non-hydrogen) atoms. The van der Waals surface area contributed by atoms with Gasteiger partial charge in [0.05, 0.1) is 18.2 Å². The molecule has 8 nitrogen and oxygen atoms in total. The first-order chi connectivity index (χ1) is 21.7. The Balaban J connectivity index is 1.10. The van der Waals surface area contributed by atoms with E-state index in [2.05, 4.69) is 49.6 Å². The Labute approximate surface area is 266 Å². The van der Waals surface area contributed by atoms with Crippen molar-refractivity contribution in [3.05, 3.63) is 70.8 Å². The smallest absolute Gasteiger partial charge is 0.340 e. The highest BCUT2D eigenvalue weighted by Crippen LogP contribution is 2.60. The Morgan fingerprint density at radius 1 is 1.04 bits per heavy atom. The van der Waals surface area contributed by atoms with E-state index in [1.807, 2.05) is 31.2 Å². The highest BCUT2D eigenvalue weighted by Gasteiger charge is 2.69. The van der Waals surface area contributed by atoms with Crippen molar-refractivity contribution in [2.24, 2.45) is 23.7 Å². The van der Waals surface area contributed by atoms with E-state index in [4.69, 9.17) is 24.0 Å². The number of aliphatic hydroxyl groups excluding tert-OH is 1. The van der Waals surface area contributed by atoms with Crippen molar-refractivity contribution in [1.29, 1.82) is 0 Å². The number of benzene rings is 2. The van der Waals surface area contributed by atoms with Crippen molar-refractivity contribution in [1.82, 2.24) is 4.90 Å². The number of carbonyl (C=O) groups is 1. The van der Waals surface area contributed by atoms with Crippen LogP contribution in [0.5, 0.6) is 0 Å². The summed E-state index contributed by atoms with van der Waals surface area (Å²) in [4.78, 5) is 27.9. The molecule has 2 aromatic rings. The van der Waals surface area contributed by atoms with Crippen molar-refractivity contribution >= 4 is 5.97 Å². The number of ether oxygens (including phenoxy) is 3. The molecule has 0 radical (unpaired) electrons. The summed E-state index contributed by atoms with van der Waals surface area (Å²) in [6.45, 7) is 9.27. The average Bonchev–Trinajstić information content (AvgIpc) is 3.40. The first kappa shape index (κ1) is 30.9. The molecular weight excluding hydrogens is 570 g/mol. The van der Waals surface area contributed by atoms with Crippen molar-refractivity contribution in [2.45, 2.75) is 102 Å². The molecule has 1 aliphatic carbocycles. The third-order valence-electron chi connectivity index (χ3n) is 11.2. The fourth-order valence-corrected chi connectivity index (χ4v) is 8.52. The predicted molar refractivity (Wildman–Crippen MR) is 166 cm³/mol. The van der Waals surface area contributed by atoms with Gasteiger partial charge >= 0.3 is 5.97 Å². The zero-order valence-corrected chi connectivity index (χ0v) is 26.7. The molecule has 0 amide bonds. The summed E-state index contributed by atoms with van der Waals surface area (Å²) in [6, 6.07) is 15.5. The van der Waals surface area contributed by atoms with Crippen LogP contribution in [0.4, 0.5) is 0 Å². The topological polar surface area (TPSA) is 86.7 Å². The lowest BCUT2D eigenvalue weighted by atomic mass is 9.58. The summed E-state index contributed by atoms with van der Waals surface area (Å²) in [5.41, 5.74) is 2.87. The molecule has 5 heterocycles. The van der Waals surface area contributed by atoms with Gasteiger partial charge in [-0.1, -0.05) is 55.5 Å². The quantitative estimate of drug-likeness (QED) is 0.253. The minimum atomic E-state index is -0.883. The van der Waals surface area contributed by atoms with E-state index in [-0.39, 0.29) is 36.4 Å². The number of esters is 1. The molecule has 6 fully saturated rings. The van der Waals surface area contributed by atoms with Gasteiger partial charge in [-0.05, 0) is 87.6 Å². The largest absolute Gasteiger partial charge is 0.432 e. The fourth-order valence-electron chi connectivity index (χ4n) is 8.52. The Hall–Kier alpha value is -2.77. The van der Waals surface area contributed by atoms with Gasteiger partial charge < -0.3 is 19.3 Å². The van der Waals surface area contributed by atoms with Gasteiger partial charge in [0.15, 0.2) is 11.9 Å². The molecule has 2 aromatic carbocycles. The van der Waals surface area contributed by atoms with Crippen molar-refractivity contribution in [3.8, 4) is 11.8 Å². The van der Waals surface area contributed by atoms with Crippen molar-refractivity contribution in [2.75, 3.05) is 13.2 Å². The second kappa shape index (κ2) is 12.1. The van der Waals surface area contributed by atoms with Gasteiger partial charge in [-0.15, -0.1) is 0 Å². The first-order valence-corrected chi connectivity index (χ1v) is 16.7. The molecule has 2 bridgehead atoms. The van der Waals surface area contributed by atoms with Gasteiger partial charge in [0.2, 0.25) is 12.1 Å². The highest BCUT2D eigenvalue weighted by atomic mass is 17.3. The van der Waals surface area contributed by atoms with Crippen LogP contribution in [-0.4, -0.2) is 59.1 Å². The minimum absolute atomic E-state index is 0.0562. The second-order valence-electron chi connectivity index (χ2n) is 14.1. The molecule has 5 aliphatic heterocycles. The third-order valence-corrected chi connectivity index (χ3v) is 11.2. The number of aliphatic hydroxyl groups is 1. The minimum Gasteiger partial charge on any atom is -0.432 e. The average molecular weight is 616 g/mol. The van der Waals surface area contributed by atoms with Crippen LogP contribution in [-0.2, 0) is 24.0 Å². The molecule has 240 valence electrons. The molecule has 8 heteroatoms. The number of likely N-dealkylation sites (tertiary alicyclic amines) is 1. The van der Waals surface area contributed by atoms with Crippen LogP contribution in [0.1, 0.15) is 92.4 Å². The summed E-state index contributed by atoms with van der Waals surface area (Å²) in [6.07, 6.45) is 4.22. The number of carbonyl (C=O) groups excluding carboxylic acids is 1. The van der Waals surface area contributed by atoms with Gasteiger partial charge in [-0.25, -0.2) is 14.6 Å². The molecule has 1 spiro atoms. The zero-order valence-electron chi connectivity index (χ0n) is 26.7. The second-order valence-corrected chi connectivity index (χ2v) is 14.1. The molecular formula is C37H45NO7. The van der Waals surface area contributed by atoms with Gasteiger partial charge in [0, 0.05) is 36.4 Å². The highest BCUT2D eigenvalue weighted by molar-refractivity contribution is 5.89. The maximum atomic E-state index is 13.5. The van der Waals surface area contributed by atoms with E-state index in [0.29, 0.717) is 11.5 Å². The predicted octanol–water partition coefficient (Wildman–Crippen LogP) is 5.91. The number of hydrogen-bond donors (Lipinski definition) is 1. The lowest BCUT2D eigenvalue weighted by Gasteiger charge is -2.59. The number of rotatable bonds is 5. The van der Waals surface area contributed by atoms with Crippen LogP contribution in [0.2, 0.25) is 0 Å². The maximum absolute atomic E-state index is 13.5. The Kier molecular flexibility index (Phi) is 8.31. The monoisotopic (exact) mass is 615 g/mol. The van der Waals surface area contributed by atoms with Crippen LogP contribution >= 0.6 is 0 Å². The Morgan fingerprint density at radius 2 is 1.82 bits per heavy atom. The van der Waals surface area contributed by atoms with E-state index >= 15 is 0 Å². The van der Waals surface area contributed by atoms with Gasteiger partial charge in [0.25, 0.3) is 0 Å². The fraction of sp³-hybridized carbons (Fsp3) is 0.595. The zero-order chi connectivity index (χ0) is 31.3. The van der Waals surface area contributed by atoms with Crippen LogP contribution in [0.25, 0.3) is 0 Å². The summed E-state index contributed by atoms with van der Waals surface area (Å²) < 4.78 is 19.0. The SMILES string of the molecule is Cc1ccc(C#C[C@H](c2ccc(C(=O)O[C@@H]3O[C@@H]4O[C@@]5(C)CC[C@H]6[C@H](C)CC[C@@H]([C@H]3C)[C@@]46OO5)cc2)N2CCC[C@H]2CO)cc1. The summed E-state index contributed by atoms with van der Waals surface area (Å²) in [5.74, 6) is 6.17. The Bertz CT molecular complexity index is 1450. The van der Waals surface area contributed by atoms with E-state index < -0.39 is 29.9 Å². The summed E-state index contributed by atoms with van der Waals surface area (Å²) in [5, 5.41) is 10.1. The van der Waals surface area contributed by atoms with Gasteiger partial charge in [-0.3, -0.25) is 4.90 Å².